The average Bonchev–Trinajstić information content (AvgIpc) is 3.26. The van der Waals surface area contributed by atoms with Crippen molar-refractivity contribution in [3.63, 3.8) is 0 Å². The summed E-state index contributed by atoms with van der Waals surface area (Å²) in [5.74, 6) is -6.23. The molecule has 0 radical (unpaired) electrons. The molecule has 0 saturated carbocycles. The molecule has 0 unspecified atom stereocenters. The molecule has 6 amide bonds. The van der Waals surface area contributed by atoms with Gasteiger partial charge in [0.1, 0.15) is 36.3 Å². The minimum Gasteiger partial charge on any atom is -0.480 e. The number of carboxylic acid groups (broad SMARTS) is 1. The monoisotopic (exact) mass is 939 g/mol. The van der Waals surface area contributed by atoms with E-state index >= 15 is 0 Å². The fourth-order valence-corrected chi connectivity index (χ4v) is 5.88. The Labute approximate surface area is 382 Å². The number of carbonyl (C=O) groups is 7. The maximum absolute atomic E-state index is 13.6. The van der Waals surface area contributed by atoms with E-state index in [4.69, 9.17) is 45.5 Å². The molecule has 30 heteroatoms. The first-order chi connectivity index (χ1) is 31.4. The van der Waals surface area contributed by atoms with Crippen molar-refractivity contribution < 1.29 is 38.7 Å². The second-order valence-electron chi connectivity index (χ2n) is 15.0. The topological polar surface area (TPSA) is 514 Å². The molecule has 0 heterocycles. The number of carboxylic acids is 1. The van der Waals surface area contributed by atoms with Crippen molar-refractivity contribution in [3.05, 3.63) is 20.9 Å². The normalized spacial score (nSPS) is 13.6. The summed E-state index contributed by atoms with van der Waals surface area (Å²) in [4.78, 5) is 105. The molecular formula is C36H70N22O8. The number of aliphatic imine (C=N–C) groups is 2. The van der Waals surface area contributed by atoms with E-state index in [1.165, 1.54) is 13.8 Å². The number of guanidine groups is 2. The van der Waals surface area contributed by atoms with Crippen LogP contribution in [0.4, 0.5) is 0 Å². The zero-order valence-electron chi connectivity index (χ0n) is 37.6. The number of nitrogens with two attached hydrogens (primary N) is 6. The smallest absolute Gasteiger partial charge is 0.326 e. The van der Waals surface area contributed by atoms with Crippen molar-refractivity contribution in [2.45, 2.75) is 140 Å². The van der Waals surface area contributed by atoms with E-state index in [0.717, 1.165) is 0 Å². The Balaban J connectivity index is 5.92. The van der Waals surface area contributed by atoms with Crippen molar-refractivity contribution >= 4 is 53.3 Å². The van der Waals surface area contributed by atoms with Gasteiger partial charge in [-0.3, -0.25) is 49.6 Å². The number of aliphatic carboxylic acids is 1. The van der Waals surface area contributed by atoms with Gasteiger partial charge in [0.05, 0.1) is 19.1 Å². The third-order valence-corrected chi connectivity index (χ3v) is 9.51. The van der Waals surface area contributed by atoms with Gasteiger partial charge in [0, 0.05) is 13.1 Å². The molecule has 0 aromatic heterocycles. The van der Waals surface area contributed by atoms with Crippen molar-refractivity contribution in [1.82, 2.24) is 42.8 Å². The molecule has 0 aromatic rings. The highest BCUT2D eigenvalue weighted by Crippen LogP contribution is 2.08. The lowest BCUT2D eigenvalue weighted by Crippen LogP contribution is -2.59. The molecule has 0 aliphatic carbocycles. The van der Waals surface area contributed by atoms with Crippen LogP contribution in [-0.2, 0) is 33.6 Å². The predicted octanol–water partition coefficient (Wildman–Crippen LogP) is -3.45. The Bertz CT molecular complexity index is 1700. The van der Waals surface area contributed by atoms with Crippen LogP contribution < -0.4 is 77.2 Å². The molecule has 0 spiro atoms. The summed E-state index contributed by atoms with van der Waals surface area (Å²) in [7, 11) is 0. The largest absolute Gasteiger partial charge is 0.480 e. The van der Waals surface area contributed by atoms with Gasteiger partial charge in [-0.2, -0.15) is 9.82 Å². The van der Waals surface area contributed by atoms with Gasteiger partial charge in [-0.15, -0.1) is 11.1 Å². The summed E-state index contributed by atoms with van der Waals surface area (Å²) in [5, 5.41) is 31.4. The van der Waals surface area contributed by atoms with E-state index in [9.17, 15) is 38.7 Å². The van der Waals surface area contributed by atoms with Crippen molar-refractivity contribution in [3.8, 4) is 0 Å². The lowest BCUT2D eigenvalue weighted by molar-refractivity contribution is -0.142. The second kappa shape index (κ2) is 35.3. The number of rotatable bonds is 37. The SMILES string of the molecule is C[C@H](NC(=O)[C@H](CCCCN)NC(=O)[C@H](C)NC(=O)[C@H](CCCN=C(N)N)NC(=O)[C@@H](N)CCCCNN=[N+]=[N-])C(=O)N[C@@H](CCCN=C(N)N)C(=O)N[C@@H](CCCCNN=[N+]=[N-])C(=O)O. The molecule has 7 atom stereocenters. The van der Waals surface area contributed by atoms with E-state index in [2.05, 4.69) is 73.0 Å². The van der Waals surface area contributed by atoms with Crippen LogP contribution in [0, 0.1) is 0 Å². The van der Waals surface area contributed by atoms with Gasteiger partial charge in [0.25, 0.3) is 0 Å². The first kappa shape index (κ1) is 59.0. The molecule has 0 aliphatic heterocycles. The minimum absolute atomic E-state index is 0.0222. The predicted molar refractivity (Wildman–Crippen MR) is 243 cm³/mol. The average molecular weight is 939 g/mol. The number of hydrogen-bond donors (Lipinski definition) is 15. The number of unbranched alkanes of at least 4 members (excludes halogenated alkanes) is 3. The van der Waals surface area contributed by atoms with Gasteiger partial charge in [0.2, 0.25) is 35.4 Å². The van der Waals surface area contributed by atoms with Crippen LogP contribution in [0.25, 0.3) is 20.9 Å². The zero-order valence-corrected chi connectivity index (χ0v) is 37.6. The molecule has 0 saturated heterocycles. The Morgan fingerprint density at radius 3 is 1.29 bits per heavy atom. The van der Waals surface area contributed by atoms with Crippen LogP contribution in [0.1, 0.15) is 97.3 Å². The Morgan fingerprint density at radius 2 is 0.879 bits per heavy atom. The van der Waals surface area contributed by atoms with Gasteiger partial charge in [-0.1, -0.05) is 0 Å². The van der Waals surface area contributed by atoms with Gasteiger partial charge in [-0.25, -0.2) is 4.79 Å². The minimum atomic E-state index is -1.32. The summed E-state index contributed by atoms with van der Waals surface area (Å²) in [6, 6.07) is -8.48. The Morgan fingerprint density at radius 1 is 0.515 bits per heavy atom. The molecule has 0 aromatic carbocycles. The lowest BCUT2D eigenvalue weighted by atomic mass is 10.1. The van der Waals surface area contributed by atoms with Crippen LogP contribution in [-0.4, -0.2) is 133 Å². The Hall–Kier alpha value is -7.03. The molecule has 21 N–H and O–H groups in total. The number of nitrogens with zero attached hydrogens (tertiary/aromatic N) is 8. The number of carbonyl (C=O) groups excluding carboxylic acids is 6. The highest BCUT2D eigenvalue weighted by Gasteiger charge is 2.31. The van der Waals surface area contributed by atoms with E-state index < -0.39 is 83.7 Å². The summed E-state index contributed by atoms with van der Waals surface area (Å²) < 4.78 is 0. The number of azide groups is 2. The van der Waals surface area contributed by atoms with Crippen molar-refractivity contribution in [1.29, 1.82) is 0 Å². The summed E-state index contributed by atoms with van der Waals surface area (Å²) in [6.07, 6.45) is 3.55. The molecule has 66 heavy (non-hydrogen) atoms. The fraction of sp³-hybridized carbons (Fsp3) is 0.750. The number of amides is 6. The van der Waals surface area contributed by atoms with Crippen LogP contribution in [0.15, 0.2) is 20.4 Å². The molecule has 0 aliphatic rings. The zero-order chi connectivity index (χ0) is 49.9. The van der Waals surface area contributed by atoms with E-state index in [1.807, 2.05) is 0 Å². The van der Waals surface area contributed by atoms with Crippen LogP contribution in [0.3, 0.4) is 0 Å². The van der Waals surface area contributed by atoms with Crippen molar-refractivity contribution in [2.24, 2.45) is 54.8 Å². The molecule has 0 fully saturated rings. The maximum Gasteiger partial charge on any atom is 0.326 e. The van der Waals surface area contributed by atoms with E-state index in [-0.39, 0.29) is 83.0 Å². The van der Waals surface area contributed by atoms with Crippen LogP contribution in [0.5, 0.6) is 0 Å². The van der Waals surface area contributed by atoms with E-state index in [0.29, 0.717) is 45.1 Å². The molecule has 0 bridgehead atoms. The molecule has 372 valence electrons. The van der Waals surface area contributed by atoms with Gasteiger partial charge < -0.3 is 71.4 Å². The van der Waals surface area contributed by atoms with Gasteiger partial charge in [0.15, 0.2) is 11.9 Å². The molecule has 30 nitrogen and oxygen atoms in total. The molecular weight excluding hydrogens is 869 g/mol. The second-order valence-corrected chi connectivity index (χ2v) is 15.0. The highest BCUT2D eigenvalue weighted by atomic mass is 16.4. The number of hydrogen-bond acceptors (Lipinski definition) is 13. The first-order valence-electron chi connectivity index (χ1n) is 21.5. The lowest BCUT2D eigenvalue weighted by Gasteiger charge is -2.26. The summed E-state index contributed by atoms with van der Waals surface area (Å²) in [5.41, 5.74) is 55.0. The highest BCUT2D eigenvalue weighted by molar-refractivity contribution is 5.96. The third kappa shape index (κ3) is 27.9. The number of nitrogens with one attached hydrogen (secondary N) is 8. The fourth-order valence-electron chi connectivity index (χ4n) is 5.88. The summed E-state index contributed by atoms with van der Waals surface area (Å²) in [6.45, 7) is 3.85. The quantitative estimate of drug-likeness (QED) is 0.00548. The van der Waals surface area contributed by atoms with Gasteiger partial charge >= 0.3 is 5.97 Å². The maximum atomic E-state index is 13.6. The van der Waals surface area contributed by atoms with Crippen LogP contribution in [0.2, 0.25) is 0 Å². The van der Waals surface area contributed by atoms with Crippen molar-refractivity contribution in [2.75, 3.05) is 32.7 Å². The first-order valence-corrected chi connectivity index (χ1v) is 21.5. The van der Waals surface area contributed by atoms with Crippen LogP contribution >= 0.6 is 0 Å². The third-order valence-electron chi connectivity index (χ3n) is 9.51. The molecule has 0 rings (SSSR count). The Kier molecular flexibility index (Phi) is 31.6. The van der Waals surface area contributed by atoms with Gasteiger partial charge in [-0.05, 0) is 114 Å². The van der Waals surface area contributed by atoms with E-state index in [1.54, 1.807) is 0 Å². The summed E-state index contributed by atoms with van der Waals surface area (Å²) >= 11 is 0. The standard InChI is InChI=1S/C36H70N22O8/c1-21(50-32(63)25(14-9-17-45-35(39)40)53-30(61)23(38)11-4-7-19-47-57-55-43)28(59)51-24(12-3-6-16-37)31(62)49-22(2)29(60)52-26(15-10-18-46-36(41)42)33(64)54-27(34(65)66)13-5-8-20-48-58-56-44/h21-27,47-48H,3-20,37-38H2,1-2H3,(H,49,62)(H,50,63)(H,51,59)(H,52,60)(H,53,61)(H,54,64)(H,65,66)(H4,39,40,45)(H4,41,42,46)/t21-,22-,23-,24-,25-,26-,27-/m0/s1.